The van der Waals surface area contributed by atoms with Gasteiger partial charge in [-0.1, -0.05) is 93.6 Å². The van der Waals surface area contributed by atoms with E-state index in [2.05, 4.69) is 19.2 Å². The van der Waals surface area contributed by atoms with E-state index in [9.17, 15) is 18.0 Å². The first-order valence-electron chi connectivity index (χ1n) is 13.7. The topological polar surface area (TPSA) is 86.8 Å². The molecule has 8 heteroatoms. The van der Waals surface area contributed by atoms with E-state index in [-0.39, 0.29) is 24.4 Å². The zero-order valence-corrected chi connectivity index (χ0v) is 24.9. The monoisotopic (exact) mass is 563 g/mol. The van der Waals surface area contributed by atoms with Gasteiger partial charge in [0.15, 0.2) is 0 Å². The molecule has 3 aromatic rings. The second-order valence-corrected chi connectivity index (χ2v) is 12.5. The van der Waals surface area contributed by atoms with Crippen LogP contribution < -0.4 is 9.62 Å². The summed E-state index contributed by atoms with van der Waals surface area (Å²) in [5.41, 5.74) is 3.22. The van der Waals surface area contributed by atoms with Crippen LogP contribution >= 0.6 is 0 Å². The first kappa shape index (κ1) is 30.9. The summed E-state index contributed by atoms with van der Waals surface area (Å²) in [7, 11) is -3.80. The third-order valence-corrected chi connectivity index (χ3v) is 8.14. The highest BCUT2D eigenvalue weighted by Gasteiger charge is 2.33. The molecule has 0 heterocycles. The normalized spacial score (nSPS) is 12.9. The SMILES string of the molecule is CCC(C)NC(=O)C(Cc1ccccc1)N(Cc1ccccc1)C(=O)CN(c1ccc(C(C)C)cc1)S(C)(=O)=O. The first-order valence-corrected chi connectivity index (χ1v) is 15.6. The number of hydrogen-bond acceptors (Lipinski definition) is 4. The molecular weight excluding hydrogens is 522 g/mol. The zero-order valence-electron chi connectivity index (χ0n) is 24.1. The van der Waals surface area contributed by atoms with Crippen molar-refractivity contribution < 1.29 is 18.0 Å². The number of carbonyl (C=O) groups is 2. The molecule has 0 saturated carbocycles. The zero-order chi connectivity index (χ0) is 29.3. The van der Waals surface area contributed by atoms with Crippen LogP contribution in [0.1, 0.15) is 56.7 Å². The lowest BCUT2D eigenvalue weighted by Crippen LogP contribution is -2.54. The molecule has 0 saturated heterocycles. The molecular formula is C32H41N3O4S. The molecule has 1 N–H and O–H groups in total. The average molecular weight is 564 g/mol. The van der Waals surface area contributed by atoms with Crippen LogP contribution in [0.15, 0.2) is 84.9 Å². The molecule has 2 amide bonds. The van der Waals surface area contributed by atoms with Crippen molar-refractivity contribution >= 4 is 27.5 Å². The number of anilines is 1. The van der Waals surface area contributed by atoms with Crippen molar-refractivity contribution in [1.82, 2.24) is 10.2 Å². The molecule has 2 atom stereocenters. The van der Waals surface area contributed by atoms with Crippen LogP contribution in [0.5, 0.6) is 0 Å². The third-order valence-electron chi connectivity index (χ3n) is 6.99. The second kappa shape index (κ2) is 14.1. The molecule has 0 fully saturated rings. The van der Waals surface area contributed by atoms with E-state index in [1.165, 1.54) is 4.90 Å². The number of amides is 2. The van der Waals surface area contributed by atoms with Gasteiger partial charge in [0.25, 0.3) is 0 Å². The quantitative estimate of drug-likeness (QED) is 0.312. The number of nitrogens with one attached hydrogen (secondary N) is 1. The maximum absolute atomic E-state index is 14.1. The van der Waals surface area contributed by atoms with Crippen LogP contribution in [0.2, 0.25) is 0 Å². The highest BCUT2D eigenvalue weighted by atomic mass is 32.2. The molecule has 214 valence electrons. The standard InChI is InChI=1S/C32H41N3O4S/c1-6-25(4)33-32(37)30(21-26-13-9-7-10-14-26)34(22-27-15-11-8-12-16-27)31(36)23-35(40(5,38)39)29-19-17-28(18-20-29)24(2)3/h7-20,24-25,30H,6,21-23H2,1-5H3,(H,33,37). The lowest BCUT2D eigenvalue weighted by Gasteiger charge is -2.34. The predicted molar refractivity (Wildman–Crippen MR) is 162 cm³/mol. The fourth-order valence-corrected chi connectivity index (χ4v) is 5.26. The van der Waals surface area contributed by atoms with Gasteiger partial charge in [-0.05, 0) is 48.1 Å². The summed E-state index contributed by atoms with van der Waals surface area (Å²) in [5, 5.41) is 3.04. The maximum atomic E-state index is 14.1. The van der Waals surface area contributed by atoms with E-state index >= 15 is 0 Å². The highest BCUT2D eigenvalue weighted by Crippen LogP contribution is 2.23. The van der Waals surface area contributed by atoms with Crippen LogP contribution in [0.25, 0.3) is 0 Å². The summed E-state index contributed by atoms with van der Waals surface area (Å²) in [6, 6.07) is 25.3. The summed E-state index contributed by atoms with van der Waals surface area (Å²) in [6.45, 7) is 7.77. The van der Waals surface area contributed by atoms with E-state index in [1.54, 1.807) is 12.1 Å². The number of sulfonamides is 1. The van der Waals surface area contributed by atoms with Gasteiger partial charge in [0.2, 0.25) is 21.8 Å². The van der Waals surface area contributed by atoms with Crippen molar-refractivity contribution in [2.24, 2.45) is 0 Å². The van der Waals surface area contributed by atoms with E-state index in [4.69, 9.17) is 0 Å². The van der Waals surface area contributed by atoms with Crippen molar-refractivity contribution in [3.8, 4) is 0 Å². The lowest BCUT2D eigenvalue weighted by molar-refractivity contribution is -0.140. The third kappa shape index (κ3) is 8.68. The average Bonchev–Trinajstić information content (AvgIpc) is 2.93. The van der Waals surface area contributed by atoms with Crippen molar-refractivity contribution in [2.75, 3.05) is 17.1 Å². The van der Waals surface area contributed by atoms with E-state index in [0.717, 1.165) is 33.7 Å². The van der Waals surface area contributed by atoms with Gasteiger partial charge in [-0.15, -0.1) is 0 Å². The van der Waals surface area contributed by atoms with Gasteiger partial charge < -0.3 is 10.2 Å². The van der Waals surface area contributed by atoms with Crippen molar-refractivity contribution in [3.05, 3.63) is 102 Å². The van der Waals surface area contributed by atoms with Crippen molar-refractivity contribution in [2.45, 2.75) is 65.1 Å². The smallest absolute Gasteiger partial charge is 0.244 e. The molecule has 0 aliphatic rings. The summed E-state index contributed by atoms with van der Waals surface area (Å²) in [6.07, 6.45) is 2.13. The summed E-state index contributed by atoms with van der Waals surface area (Å²) in [5.74, 6) is -0.441. The fraction of sp³-hybridized carbons (Fsp3) is 0.375. The minimum atomic E-state index is -3.80. The van der Waals surface area contributed by atoms with Gasteiger partial charge >= 0.3 is 0 Å². The molecule has 0 spiro atoms. The molecule has 40 heavy (non-hydrogen) atoms. The Bertz CT molecular complexity index is 1340. The summed E-state index contributed by atoms with van der Waals surface area (Å²) < 4.78 is 27.0. The van der Waals surface area contributed by atoms with E-state index in [1.807, 2.05) is 86.6 Å². The number of hydrogen-bond donors (Lipinski definition) is 1. The summed E-state index contributed by atoms with van der Waals surface area (Å²) >= 11 is 0. The molecule has 7 nitrogen and oxygen atoms in total. The lowest BCUT2D eigenvalue weighted by atomic mass is 10.0. The largest absolute Gasteiger partial charge is 0.352 e. The molecule has 3 rings (SSSR count). The van der Waals surface area contributed by atoms with Crippen molar-refractivity contribution in [1.29, 1.82) is 0 Å². The van der Waals surface area contributed by atoms with Crippen LogP contribution in [0.3, 0.4) is 0 Å². The second-order valence-electron chi connectivity index (χ2n) is 10.5. The van der Waals surface area contributed by atoms with E-state index < -0.39 is 28.5 Å². The number of carbonyl (C=O) groups excluding carboxylic acids is 2. The Kier molecular flexibility index (Phi) is 10.9. The fourth-order valence-electron chi connectivity index (χ4n) is 4.41. The van der Waals surface area contributed by atoms with E-state index in [0.29, 0.717) is 12.1 Å². The Balaban J connectivity index is 2.02. The molecule has 2 unspecified atom stereocenters. The van der Waals surface area contributed by atoms with Crippen LogP contribution in [0, 0.1) is 0 Å². The number of benzene rings is 3. The predicted octanol–water partition coefficient (Wildman–Crippen LogP) is 5.13. The minimum absolute atomic E-state index is 0.0774. The van der Waals surface area contributed by atoms with Gasteiger partial charge in [-0.3, -0.25) is 13.9 Å². The van der Waals surface area contributed by atoms with Gasteiger partial charge in [-0.2, -0.15) is 0 Å². The van der Waals surface area contributed by atoms with Crippen molar-refractivity contribution in [3.63, 3.8) is 0 Å². The molecule has 0 bridgehead atoms. The Morgan fingerprint density at radius 1 is 0.825 bits per heavy atom. The Morgan fingerprint density at radius 3 is 1.88 bits per heavy atom. The molecule has 3 aromatic carbocycles. The Labute approximate surface area is 239 Å². The van der Waals surface area contributed by atoms with Crippen LogP contribution in [-0.2, 0) is 32.6 Å². The first-order chi connectivity index (χ1) is 19.0. The Morgan fingerprint density at radius 2 is 1.38 bits per heavy atom. The minimum Gasteiger partial charge on any atom is -0.352 e. The molecule has 0 aromatic heterocycles. The van der Waals surface area contributed by atoms with Gasteiger partial charge in [0, 0.05) is 19.0 Å². The van der Waals surface area contributed by atoms with Gasteiger partial charge in [0.1, 0.15) is 12.6 Å². The number of rotatable bonds is 13. The Hall–Kier alpha value is -3.65. The number of nitrogens with zero attached hydrogens (tertiary/aromatic N) is 2. The van der Waals surface area contributed by atoms with Crippen LogP contribution in [0.4, 0.5) is 5.69 Å². The van der Waals surface area contributed by atoms with Gasteiger partial charge in [0.05, 0.1) is 11.9 Å². The van der Waals surface area contributed by atoms with Gasteiger partial charge in [-0.25, -0.2) is 8.42 Å². The molecule has 0 aliphatic heterocycles. The maximum Gasteiger partial charge on any atom is 0.244 e. The summed E-state index contributed by atoms with van der Waals surface area (Å²) in [4.78, 5) is 29.3. The highest BCUT2D eigenvalue weighted by molar-refractivity contribution is 7.92. The molecule has 0 radical (unpaired) electrons. The molecule has 0 aliphatic carbocycles. The van der Waals surface area contributed by atoms with Crippen LogP contribution in [-0.4, -0.2) is 50.0 Å².